The summed E-state index contributed by atoms with van der Waals surface area (Å²) in [6, 6.07) is 14.3. The number of nitrogens with zero attached hydrogens (tertiary/aromatic N) is 5. The van der Waals surface area contributed by atoms with Crippen LogP contribution in [0.3, 0.4) is 0 Å². The van der Waals surface area contributed by atoms with Gasteiger partial charge in [0.15, 0.2) is 0 Å². The quantitative estimate of drug-likeness (QED) is 0.507. The van der Waals surface area contributed by atoms with E-state index in [4.69, 9.17) is 0 Å². The largest absolute Gasteiger partial charge is 0.382 e. The summed E-state index contributed by atoms with van der Waals surface area (Å²) in [6.07, 6.45) is 15.0. The number of pyridine rings is 3. The van der Waals surface area contributed by atoms with Crippen LogP contribution in [0.15, 0.2) is 97.0 Å². The lowest BCUT2D eigenvalue weighted by atomic mass is 9.49. The van der Waals surface area contributed by atoms with E-state index in [0.29, 0.717) is 11.3 Å². The monoisotopic (exact) mass is 389 g/mol. The number of rotatable bonds is 4. The Morgan fingerprint density at radius 1 is 0.900 bits per heavy atom. The standard InChI is InChI=1S/C24H20BN5/c1-18-3-5-23(29-16-18)22(15-26)24-6-4-19(2)17-30(24)25(20-7-11-27-12-8-20)21-9-13-28-14-10-21/h3-14,16-17H,1-2H3/b24-22-. The average molecular weight is 389 g/mol. The van der Waals surface area contributed by atoms with E-state index < -0.39 is 0 Å². The van der Waals surface area contributed by atoms with Crippen LogP contribution in [0, 0.1) is 18.3 Å². The Balaban J connectivity index is 1.92. The summed E-state index contributed by atoms with van der Waals surface area (Å²) in [6.45, 7) is 3.89. The predicted octanol–water partition coefficient (Wildman–Crippen LogP) is 3.00. The maximum atomic E-state index is 10.1. The van der Waals surface area contributed by atoms with E-state index in [1.54, 1.807) is 31.0 Å². The van der Waals surface area contributed by atoms with Crippen LogP contribution in [0.5, 0.6) is 0 Å². The number of hydrogen-bond donors (Lipinski definition) is 0. The fourth-order valence-electron chi connectivity index (χ4n) is 3.52. The van der Waals surface area contributed by atoms with Gasteiger partial charge in [-0.25, -0.2) is 0 Å². The second-order valence-corrected chi connectivity index (χ2v) is 7.17. The van der Waals surface area contributed by atoms with E-state index in [-0.39, 0.29) is 6.85 Å². The van der Waals surface area contributed by atoms with Crippen molar-refractivity contribution in [1.29, 1.82) is 5.26 Å². The first-order valence-electron chi connectivity index (χ1n) is 9.69. The molecular formula is C24H20BN5. The molecule has 0 saturated heterocycles. The second kappa shape index (κ2) is 8.58. The Hall–Kier alpha value is -3.98. The van der Waals surface area contributed by atoms with Gasteiger partial charge in [0.05, 0.1) is 5.69 Å². The smallest absolute Gasteiger partial charge is 0.327 e. The van der Waals surface area contributed by atoms with Crippen molar-refractivity contribution in [3.8, 4) is 6.07 Å². The Kier molecular flexibility index (Phi) is 5.53. The molecule has 30 heavy (non-hydrogen) atoms. The lowest BCUT2D eigenvalue weighted by Crippen LogP contribution is -2.54. The number of allylic oxidation sites excluding steroid dienone is 4. The van der Waals surface area contributed by atoms with Gasteiger partial charge in [-0.15, -0.1) is 0 Å². The van der Waals surface area contributed by atoms with Crippen molar-refractivity contribution in [2.24, 2.45) is 0 Å². The molecule has 3 aromatic rings. The van der Waals surface area contributed by atoms with Gasteiger partial charge in [-0.3, -0.25) is 15.0 Å². The molecular weight excluding hydrogens is 369 g/mol. The molecule has 0 fully saturated rings. The zero-order valence-electron chi connectivity index (χ0n) is 16.9. The van der Waals surface area contributed by atoms with Crippen LogP contribution < -0.4 is 10.9 Å². The van der Waals surface area contributed by atoms with E-state index in [9.17, 15) is 5.26 Å². The molecule has 0 aliphatic carbocycles. The molecule has 0 saturated carbocycles. The molecule has 5 nitrogen and oxygen atoms in total. The lowest BCUT2D eigenvalue weighted by molar-refractivity contribution is 0.738. The van der Waals surface area contributed by atoms with Gasteiger partial charge in [-0.05, 0) is 78.5 Å². The summed E-state index contributed by atoms with van der Waals surface area (Å²) in [7, 11) is 0. The molecule has 4 heterocycles. The maximum absolute atomic E-state index is 10.1. The van der Waals surface area contributed by atoms with E-state index in [1.165, 1.54) is 0 Å². The highest BCUT2D eigenvalue weighted by molar-refractivity contribution is 6.83. The molecule has 0 N–H and O–H groups in total. The van der Waals surface area contributed by atoms with Gasteiger partial charge < -0.3 is 4.81 Å². The van der Waals surface area contributed by atoms with Crippen LogP contribution >= 0.6 is 0 Å². The first-order valence-corrected chi connectivity index (χ1v) is 9.69. The lowest BCUT2D eigenvalue weighted by Gasteiger charge is -2.33. The minimum Gasteiger partial charge on any atom is -0.382 e. The number of aromatic nitrogens is 3. The Labute approximate surface area is 176 Å². The van der Waals surface area contributed by atoms with Gasteiger partial charge in [0, 0.05) is 36.7 Å². The minimum absolute atomic E-state index is 0.139. The average Bonchev–Trinajstić information content (AvgIpc) is 2.78. The summed E-state index contributed by atoms with van der Waals surface area (Å²) in [5.74, 6) is 0. The molecule has 0 amide bonds. The minimum atomic E-state index is -0.139. The summed E-state index contributed by atoms with van der Waals surface area (Å²) >= 11 is 0. The number of hydrogen-bond acceptors (Lipinski definition) is 5. The Bertz CT molecular complexity index is 1120. The van der Waals surface area contributed by atoms with Gasteiger partial charge in [0.1, 0.15) is 11.6 Å². The Morgan fingerprint density at radius 3 is 2.07 bits per heavy atom. The van der Waals surface area contributed by atoms with Gasteiger partial charge in [-0.1, -0.05) is 12.1 Å². The van der Waals surface area contributed by atoms with Crippen molar-refractivity contribution >= 4 is 23.3 Å². The fourth-order valence-corrected chi connectivity index (χ4v) is 3.52. The van der Waals surface area contributed by atoms with Gasteiger partial charge in [0.2, 0.25) is 0 Å². The van der Waals surface area contributed by atoms with Crippen LogP contribution in [-0.4, -0.2) is 26.6 Å². The second-order valence-electron chi connectivity index (χ2n) is 7.17. The zero-order chi connectivity index (χ0) is 20.9. The molecule has 144 valence electrons. The highest BCUT2D eigenvalue weighted by Gasteiger charge is 2.30. The highest BCUT2D eigenvalue weighted by Crippen LogP contribution is 2.26. The third-order valence-electron chi connectivity index (χ3n) is 4.98. The van der Waals surface area contributed by atoms with Gasteiger partial charge in [-0.2, -0.15) is 5.26 Å². The normalized spacial score (nSPS) is 14.7. The van der Waals surface area contributed by atoms with Crippen molar-refractivity contribution in [3.63, 3.8) is 0 Å². The van der Waals surface area contributed by atoms with Crippen molar-refractivity contribution < 1.29 is 0 Å². The molecule has 0 bridgehead atoms. The molecule has 0 aromatic carbocycles. The number of nitriles is 1. The maximum Gasteiger partial charge on any atom is 0.327 e. The van der Waals surface area contributed by atoms with Crippen molar-refractivity contribution in [2.45, 2.75) is 13.8 Å². The molecule has 0 radical (unpaired) electrons. The molecule has 0 spiro atoms. The topological polar surface area (TPSA) is 65.7 Å². The van der Waals surface area contributed by atoms with Crippen molar-refractivity contribution in [2.75, 3.05) is 0 Å². The first kappa shape index (κ1) is 19.3. The third kappa shape index (κ3) is 3.92. The molecule has 0 unspecified atom stereocenters. The van der Waals surface area contributed by atoms with E-state index >= 15 is 0 Å². The SMILES string of the molecule is CC1=CN(B(c2ccncc2)c2ccncc2)/C(=C(/C#N)c2ccc(C)cn2)C=C1. The first-order chi connectivity index (χ1) is 14.7. The summed E-state index contributed by atoms with van der Waals surface area (Å²) < 4.78 is 0. The third-order valence-corrected chi connectivity index (χ3v) is 4.98. The van der Waals surface area contributed by atoms with Crippen LogP contribution in [0.4, 0.5) is 0 Å². The molecule has 4 rings (SSSR count). The zero-order valence-corrected chi connectivity index (χ0v) is 16.9. The molecule has 0 atom stereocenters. The highest BCUT2D eigenvalue weighted by atomic mass is 15.1. The van der Waals surface area contributed by atoms with Crippen molar-refractivity contribution in [3.05, 3.63) is 108 Å². The molecule has 6 heteroatoms. The molecule has 1 aliphatic heterocycles. The summed E-state index contributed by atoms with van der Waals surface area (Å²) in [5, 5.41) is 10.1. The molecule has 1 aliphatic rings. The number of aryl methyl sites for hydroxylation is 1. The van der Waals surface area contributed by atoms with E-state index in [0.717, 1.165) is 27.8 Å². The molecule has 3 aromatic heterocycles. The van der Waals surface area contributed by atoms with E-state index in [1.807, 2.05) is 62.4 Å². The van der Waals surface area contributed by atoms with Gasteiger partial charge >= 0.3 is 6.85 Å². The van der Waals surface area contributed by atoms with E-state index in [2.05, 4.69) is 32.0 Å². The fraction of sp³-hybridized carbons (Fsp3) is 0.0833. The van der Waals surface area contributed by atoms with Crippen LogP contribution in [-0.2, 0) is 0 Å². The van der Waals surface area contributed by atoms with Crippen LogP contribution in [0.2, 0.25) is 0 Å². The van der Waals surface area contributed by atoms with Crippen molar-refractivity contribution in [1.82, 2.24) is 19.8 Å². The summed E-state index contributed by atoms with van der Waals surface area (Å²) in [4.78, 5) is 15.0. The van der Waals surface area contributed by atoms with Crippen LogP contribution in [0.1, 0.15) is 18.2 Å². The summed E-state index contributed by atoms with van der Waals surface area (Å²) in [5.41, 5.74) is 6.29. The predicted molar refractivity (Wildman–Crippen MR) is 120 cm³/mol. The Morgan fingerprint density at radius 2 is 1.53 bits per heavy atom. The van der Waals surface area contributed by atoms with Gasteiger partial charge in [0.25, 0.3) is 0 Å². The van der Waals surface area contributed by atoms with Crippen LogP contribution in [0.25, 0.3) is 5.57 Å².